The van der Waals surface area contributed by atoms with Crippen LogP contribution in [-0.4, -0.2) is 35.2 Å². The molecule has 3 aliphatic rings. The highest BCUT2D eigenvalue weighted by Crippen LogP contribution is 2.39. The van der Waals surface area contributed by atoms with Crippen LogP contribution in [0.2, 0.25) is 0 Å². The van der Waals surface area contributed by atoms with Crippen LogP contribution in [0.5, 0.6) is 0 Å². The monoisotopic (exact) mass is 308 g/mol. The summed E-state index contributed by atoms with van der Waals surface area (Å²) in [6, 6.07) is 10.4. The average molecular weight is 308 g/mol. The Hall–Kier alpha value is -2.36. The van der Waals surface area contributed by atoms with Gasteiger partial charge in [0.1, 0.15) is 0 Å². The number of carbonyl (C=O) groups excluding carboxylic acids is 1. The average Bonchev–Trinajstić information content (AvgIpc) is 2.62. The molecule has 2 unspecified atom stereocenters. The van der Waals surface area contributed by atoms with Crippen LogP contribution in [0.3, 0.4) is 0 Å². The van der Waals surface area contributed by atoms with Gasteiger partial charge >= 0.3 is 6.09 Å². The van der Waals surface area contributed by atoms with Crippen LogP contribution in [0, 0.1) is 5.92 Å². The first-order valence-corrected chi connectivity index (χ1v) is 8.26. The second-order valence-electron chi connectivity index (χ2n) is 6.24. The number of nitrogens with zero attached hydrogens (tertiary/aromatic N) is 2. The second kappa shape index (κ2) is 5.69. The van der Waals surface area contributed by atoms with Crippen molar-refractivity contribution in [3.63, 3.8) is 0 Å². The summed E-state index contributed by atoms with van der Waals surface area (Å²) >= 11 is 0. The Morgan fingerprint density at radius 1 is 1.35 bits per heavy atom. The lowest BCUT2D eigenvalue weighted by molar-refractivity contribution is 0.0769. The van der Waals surface area contributed by atoms with Crippen LogP contribution >= 0.6 is 0 Å². The Labute approximate surface area is 135 Å². The lowest BCUT2D eigenvalue weighted by Gasteiger charge is -2.44. The number of rotatable bonds is 2. The Bertz CT molecular complexity index is 784. The summed E-state index contributed by atoms with van der Waals surface area (Å²) in [5.41, 5.74) is 3.34. The number of ether oxygens (including phenoxy) is 1. The molecule has 118 valence electrons. The van der Waals surface area contributed by atoms with Gasteiger partial charge in [0.15, 0.2) is 0 Å². The minimum atomic E-state index is -0.193. The third-order valence-corrected chi connectivity index (χ3v) is 4.82. The molecule has 2 aliphatic heterocycles. The Morgan fingerprint density at radius 3 is 3.04 bits per heavy atom. The SMILES string of the molecule is CCOC(=O)N1CC2C=C(c3cnc4ccccc4c3)C1CC2. The smallest absolute Gasteiger partial charge is 0.410 e. The van der Waals surface area contributed by atoms with E-state index in [9.17, 15) is 4.79 Å². The Kier molecular flexibility index (Phi) is 3.52. The van der Waals surface area contributed by atoms with Gasteiger partial charge in [-0.15, -0.1) is 0 Å². The minimum absolute atomic E-state index is 0.113. The number of aromatic nitrogens is 1. The summed E-state index contributed by atoms with van der Waals surface area (Å²) < 4.78 is 5.23. The molecule has 1 aromatic carbocycles. The summed E-state index contributed by atoms with van der Waals surface area (Å²) in [5, 5.41) is 1.13. The molecule has 0 spiro atoms. The lowest BCUT2D eigenvalue weighted by atomic mass is 9.78. The molecular weight excluding hydrogens is 288 g/mol. The number of hydrogen-bond acceptors (Lipinski definition) is 3. The first-order chi connectivity index (χ1) is 11.3. The highest BCUT2D eigenvalue weighted by molar-refractivity contribution is 5.85. The van der Waals surface area contributed by atoms with Gasteiger partial charge < -0.3 is 9.64 Å². The highest BCUT2D eigenvalue weighted by atomic mass is 16.6. The van der Waals surface area contributed by atoms with Gasteiger partial charge in [0.25, 0.3) is 0 Å². The van der Waals surface area contributed by atoms with Gasteiger partial charge in [0.05, 0.1) is 18.2 Å². The third kappa shape index (κ3) is 2.48. The molecule has 0 saturated carbocycles. The van der Waals surface area contributed by atoms with Gasteiger partial charge in [0, 0.05) is 18.1 Å². The molecule has 1 fully saturated rings. The quantitative estimate of drug-likeness (QED) is 0.846. The molecule has 1 saturated heterocycles. The van der Waals surface area contributed by atoms with E-state index in [1.807, 2.05) is 36.2 Å². The van der Waals surface area contributed by atoms with Crippen molar-refractivity contribution in [3.8, 4) is 0 Å². The molecular formula is C19H20N2O2. The Balaban J connectivity index is 1.71. The summed E-state index contributed by atoms with van der Waals surface area (Å²) in [5.74, 6) is 0.422. The molecule has 0 radical (unpaired) electrons. The molecule has 2 atom stereocenters. The van der Waals surface area contributed by atoms with Gasteiger partial charge in [-0.2, -0.15) is 0 Å². The van der Waals surface area contributed by atoms with Crippen molar-refractivity contribution in [2.24, 2.45) is 5.92 Å². The molecule has 23 heavy (non-hydrogen) atoms. The van der Waals surface area contributed by atoms with Gasteiger partial charge in [-0.05, 0) is 49.0 Å². The first-order valence-electron chi connectivity index (χ1n) is 8.26. The van der Waals surface area contributed by atoms with Crippen LogP contribution in [-0.2, 0) is 4.74 Å². The van der Waals surface area contributed by atoms with E-state index in [2.05, 4.69) is 23.2 Å². The summed E-state index contributed by atoms with van der Waals surface area (Å²) in [6.07, 6.45) is 6.21. The zero-order valence-electron chi connectivity index (χ0n) is 13.2. The van der Waals surface area contributed by atoms with Crippen LogP contribution in [0.25, 0.3) is 16.5 Å². The zero-order chi connectivity index (χ0) is 15.8. The van der Waals surface area contributed by atoms with Gasteiger partial charge in [-0.1, -0.05) is 24.3 Å². The molecule has 5 rings (SSSR count). The van der Waals surface area contributed by atoms with E-state index in [4.69, 9.17) is 4.74 Å². The number of pyridine rings is 1. The van der Waals surface area contributed by atoms with Crippen LogP contribution in [0.1, 0.15) is 25.3 Å². The highest BCUT2D eigenvalue weighted by Gasteiger charge is 2.38. The third-order valence-electron chi connectivity index (χ3n) is 4.82. The molecule has 4 nitrogen and oxygen atoms in total. The number of amides is 1. The predicted octanol–water partition coefficient (Wildman–Crippen LogP) is 3.87. The molecule has 2 bridgehead atoms. The fourth-order valence-corrected chi connectivity index (χ4v) is 3.75. The van der Waals surface area contributed by atoms with Gasteiger partial charge in [-0.3, -0.25) is 4.98 Å². The zero-order valence-corrected chi connectivity index (χ0v) is 13.2. The molecule has 1 amide bonds. The lowest BCUT2D eigenvalue weighted by Crippen LogP contribution is -2.50. The molecule has 2 aromatic rings. The molecule has 4 heteroatoms. The van der Waals surface area contributed by atoms with Crippen molar-refractivity contribution in [3.05, 3.63) is 48.2 Å². The number of fused-ring (bicyclic) bond motifs is 3. The van der Waals surface area contributed by atoms with E-state index in [0.29, 0.717) is 12.5 Å². The topological polar surface area (TPSA) is 42.4 Å². The molecule has 0 N–H and O–H groups in total. The normalized spacial score (nSPS) is 23.0. The van der Waals surface area contributed by atoms with Crippen LogP contribution in [0.15, 0.2) is 42.6 Å². The number of hydrogen-bond donors (Lipinski definition) is 0. The summed E-state index contributed by atoms with van der Waals surface area (Å²) in [6.45, 7) is 3.04. The summed E-state index contributed by atoms with van der Waals surface area (Å²) in [7, 11) is 0. The van der Waals surface area contributed by atoms with Crippen molar-refractivity contribution in [2.75, 3.05) is 13.2 Å². The number of piperidine rings is 1. The fraction of sp³-hybridized carbons (Fsp3) is 0.368. The van der Waals surface area contributed by atoms with Crippen molar-refractivity contribution in [2.45, 2.75) is 25.8 Å². The second-order valence-corrected chi connectivity index (χ2v) is 6.24. The van der Waals surface area contributed by atoms with Crippen LogP contribution < -0.4 is 0 Å². The first kappa shape index (κ1) is 14.2. The van der Waals surface area contributed by atoms with E-state index in [1.54, 1.807) is 0 Å². The van der Waals surface area contributed by atoms with E-state index < -0.39 is 0 Å². The van der Waals surface area contributed by atoms with E-state index in [-0.39, 0.29) is 12.1 Å². The molecule has 1 aromatic heterocycles. The number of para-hydroxylation sites is 1. The largest absolute Gasteiger partial charge is 0.450 e. The minimum Gasteiger partial charge on any atom is -0.450 e. The van der Waals surface area contributed by atoms with Gasteiger partial charge in [-0.25, -0.2) is 4.79 Å². The maximum Gasteiger partial charge on any atom is 0.410 e. The maximum absolute atomic E-state index is 12.2. The van der Waals surface area contributed by atoms with Crippen molar-refractivity contribution in [1.29, 1.82) is 0 Å². The standard InChI is InChI=1S/C19H20N2O2/c1-2-23-19(22)21-12-13-7-8-18(21)16(9-13)15-10-14-5-3-4-6-17(14)20-11-15/h3-6,9-11,13,18H,2,7-8,12H2,1H3. The predicted molar refractivity (Wildman–Crippen MR) is 90.0 cm³/mol. The Morgan fingerprint density at radius 2 is 2.22 bits per heavy atom. The van der Waals surface area contributed by atoms with Crippen molar-refractivity contribution in [1.82, 2.24) is 9.88 Å². The van der Waals surface area contributed by atoms with E-state index in [0.717, 1.165) is 35.9 Å². The van der Waals surface area contributed by atoms with Crippen molar-refractivity contribution < 1.29 is 9.53 Å². The molecule has 1 aliphatic carbocycles. The maximum atomic E-state index is 12.2. The molecule has 3 heterocycles. The van der Waals surface area contributed by atoms with E-state index >= 15 is 0 Å². The fourth-order valence-electron chi connectivity index (χ4n) is 3.75. The number of carbonyl (C=O) groups is 1. The van der Waals surface area contributed by atoms with Crippen molar-refractivity contribution >= 4 is 22.6 Å². The van der Waals surface area contributed by atoms with E-state index in [1.165, 1.54) is 5.57 Å². The summed E-state index contributed by atoms with van der Waals surface area (Å²) in [4.78, 5) is 18.7. The number of benzene rings is 1. The van der Waals surface area contributed by atoms with Crippen LogP contribution in [0.4, 0.5) is 4.79 Å². The van der Waals surface area contributed by atoms with Gasteiger partial charge in [0.2, 0.25) is 0 Å².